The number of rotatable bonds is 3. The van der Waals surface area contributed by atoms with Gasteiger partial charge in [-0.05, 0) is 44.8 Å². The Labute approximate surface area is 115 Å². The summed E-state index contributed by atoms with van der Waals surface area (Å²) in [6, 6.07) is 10.4. The number of carbonyl (C=O) groups excluding carboxylic acids is 1. The Morgan fingerprint density at radius 3 is 2.61 bits per heavy atom. The van der Waals surface area contributed by atoms with Crippen LogP contribution >= 0.6 is 15.9 Å². The Bertz CT molecular complexity index is 590. The summed E-state index contributed by atoms with van der Waals surface area (Å²) in [5.74, 6) is -0.233. The monoisotopic (exact) mass is 306 g/mol. The van der Waals surface area contributed by atoms with Crippen LogP contribution in [0, 0.1) is 6.92 Å². The first kappa shape index (κ1) is 13.1. The number of benzene rings is 2. The quantitative estimate of drug-likeness (QED) is 0.801. The number of aryl methyl sites for hydroxylation is 1. The molecule has 94 valence electrons. The normalized spacial score (nSPS) is 10.6. The molecule has 0 N–H and O–H groups in total. The molecule has 2 aromatic carbocycles. The first-order valence-electron chi connectivity index (χ1n) is 5.89. The molecule has 0 aliphatic heterocycles. The number of hydrogen-bond donors (Lipinski definition) is 0. The zero-order valence-electron chi connectivity index (χ0n) is 10.5. The van der Waals surface area contributed by atoms with Crippen molar-refractivity contribution >= 4 is 32.7 Å². The maximum Gasteiger partial charge on any atom is 0.302 e. The fourth-order valence-corrected chi connectivity index (χ4v) is 2.74. The van der Waals surface area contributed by atoms with Crippen molar-refractivity contribution in [1.29, 1.82) is 0 Å². The van der Waals surface area contributed by atoms with E-state index < -0.39 is 0 Å². The zero-order valence-corrected chi connectivity index (χ0v) is 12.1. The van der Waals surface area contributed by atoms with Crippen LogP contribution in [-0.2, 0) is 16.0 Å². The van der Waals surface area contributed by atoms with Gasteiger partial charge in [0.25, 0.3) is 0 Å². The van der Waals surface area contributed by atoms with Crippen LogP contribution in [0.25, 0.3) is 10.8 Å². The molecule has 0 heterocycles. The molecule has 0 aromatic heterocycles. The molecule has 0 radical (unpaired) electrons. The fraction of sp³-hybridized carbons (Fsp3) is 0.267. The van der Waals surface area contributed by atoms with Gasteiger partial charge in [0.05, 0.1) is 6.61 Å². The molecule has 0 amide bonds. The van der Waals surface area contributed by atoms with E-state index in [1.807, 2.05) is 12.1 Å². The molecule has 0 saturated heterocycles. The molecule has 0 aliphatic carbocycles. The Balaban J connectivity index is 2.34. The van der Waals surface area contributed by atoms with E-state index in [0.717, 1.165) is 10.9 Å². The van der Waals surface area contributed by atoms with E-state index in [1.54, 1.807) is 0 Å². The lowest BCUT2D eigenvalue weighted by molar-refractivity contribution is -0.140. The summed E-state index contributed by atoms with van der Waals surface area (Å²) in [4.78, 5) is 10.8. The summed E-state index contributed by atoms with van der Waals surface area (Å²) in [6.45, 7) is 3.95. The van der Waals surface area contributed by atoms with Crippen molar-refractivity contribution in [2.24, 2.45) is 0 Å². The largest absolute Gasteiger partial charge is 0.466 e. The van der Waals surface area contributed by atoms with Crippen LogP contribution in [0.3, 0.4) is 0 Å². The van der Waals surface area contributed by atoms with E-state index in [2.05, 4.69) is 41.1 Å². The van der Waals surface area contributed by atoms with Gasteiger partial charge in [0.2, 0.25) is 0 Å². The highest BCUT2D eigenvalue weighted by molar-refractivity contribution is 9.10. The van der Waals surface area contributed by atoms with Crippen molar-refractivity contribution in [3.05, 3.63) is 45.9 Å². The molecule has 0 spiro atoms. The van der Waals surface area contributed by atoms with Gasteiger partial charge < -0.3 is 4.74 Å². The molecular weight excluding hydrogens is 292 g/mol. The SMILES string of the molecule is CC(=O)OCCc1cc(C)c2ccccc2c1Br. The van der Waals surface area contributed by atoms with Crippen molar-refractivity contribution in [3.8, 4) is 0 Å². The number of halogens is 1. The number of carbonyl (C=O) groups is 1. The molecule has 3 heteroatoms. The average Bonchev–Trinajstić information content (AvgIpc) is 2.35. The molecule has 0 fully saturated rings. The second kappa shape index (κ2) is 5.53. The minimum absolute atomic E-state index is 0.233. The van der Waals surface area contributed by atoms with Gasteiger partial charge in [0, 0.05) is 17.8 Å². The van der Waals surface area contributed by atoms with Gasteiger partial charge in [0.1, 0.15) is 0 Å². The number of fused-ring (bicyclic) bond motifs is 1. The molecule has 2 rings (SSSR count). The van der Waals surface area contributed by atoms with E-state index in [1.165, 1.54) is 28.8 Å². The molecule has 18 heavy (non-hydrogen) atoms. The molecule has 0 aliphatic rings. The van der Waals surface area contributed by atoms with Gasteiger partial charge in [-0.3, -0.25) is 4.79 Å². The van der Waals surface area contributed by atoms with Crippen molar-refractivity contribution < 1.29 is 9.53 Å². The standard InChI is InChI=1S/C15H15BrO2/c1-10-9-12(7-8-18-11(2)17)15(16)14-6-4-3-5-13(10)14/h3-6,9H,7-8H2,1-2H3. The number of esters is 1. The first-order valence-corrected chi connectivity index (χ1v) is 6.69. The third kappa shape index (κ3) is 2.72. The van der Waals surface area contributed by atoms with Crippen LogP contribution in [0.1, 0.15) is 18.1 Å². The van der Waals surface area contributed by atoms with Crippen molar-refractivity contribution in [3.63, 3.8) is 0 Å². The van der Waals surface area contributed by atoms with Gasteiger partial charge in [-0.15, -0.1) is 0 Å². The average molecular weight is 307 g/mol. The topological polar surface area (TPSA) is 26.3 Å². The summed E-state index contributed by atoms with van der Waals surface area (Å²) < 4.78 is 6.09. The van der Waals surface area contributed by atoms with Crippen LogP contribution in [0.4, 0.5) is 0 Å². The molecule has 0 bridgehead atoms. The highest BCUT2D eigenvalue weighted by Gasteiger charge is 2.08. The molecule has 0 unspecified atom stereocenters. The van der Waals surface area contributed by atoms with Crippen LogP contribution in [0.2, 0.25) is 0 Å². The summed E-state index contributed by atoms with van der Waals surface area (Å²) in [5.41, 5.74) is 2.42. The smallest absolute Gasteiger partial charge is 0.302 e. The third-order valence-corrected chi connectivity index (χ3v) is 3.87. The van der Waals surface area contributed by atoms with Crippen LogP contribution in [0.5, 0.6) is 0 Å². The van der Waals surface area contributed by atoms with Gasteiger partial charge in [-0.2, -0.15) is 0 Å². The van der Waals surface area contributed by atoms with Gasteiger partial charge in [0.15, 0.2) is 0 Å². The van der Waals surface area contributed by atoms with Crippen molar-refractivity contribution in [1.82, 2.24) is 0 Å². The molecule has 2 aromatic rings. The zero-order chi connectivity index (χ0) is 13.1. The number of hydrogen-bond acceptors (Lipinski definition) is 2. The summed E-state index contributed by atoms with van der Waals surface area (Å²) in [6.07, 6.45) is 0.728. The molecular formula is C15H15BrO2. The lowest BCUT2D eigenvalue weighted by atomic mass is 10.0. The van der Waals surface area contributed by atoms with Crippen molar-refractivity contribution in [2.75, 3.05) is 6.61 Å². The maximum atomic E-state index is 10.8. The summed E-state index contributed by atoms with van der Waals surface area (Å²) >= 11 is 3.64. The third-order valence-electron chi connectivity index (χ3n) is 2.94. The Morgan fingerprint density at radius 1 is 1.28 bits per heavy atom. The summed E-state index contributed by atoms with van der Waals surface area (Å²) in [7, 11) is 0. The minimum Gasteiger partial charge on any atom is -0.466 e. The lowest BCUT2D eigenvalue weighted by Gasteiger charge is -2.11. The Kier molecular flexibility index (Phi) is 4.02. The number of ether oxygens (including phenoxy) is 1. The first-order chi connectivity index (χ1) is 8.59. The highest BCUT2D eigenvalue weighted by Crippen LogP contribution is 2.30. The van der Waals surface area contributed by atoms with Gasteiger partial charge >= 0.3 is 5.97 Å². The fourth-order valence-electron chi connectivity index (χ4n) is 2.08. The predicted molar refractivity (Wildman–Crippen MR) is 76.7 cm³/mol. The Morgan fingerprint density at radius 2 is 1.94 bits per heavy atom. The lowest BCUT2D eigenvalue weighted by Crippen LogP contribution is -2.04. The van der Waals surface area contributed by atoms with E-state index in [4.69, 9.17) is 4.74 Å². The van der Waals surface area contributed by atoms with Crippen LogP contribution < -0.4 is 0 Å². The maximum absolute atomic E-state index is 10.8. The van der Waals surface area contributed by atoms with Gasteiger partial charge in [-0.1, -0.05) is 30.3 Å². The second-order valence-corrected chi connectivity index (χ2v) is 5.10. The summed E-state index contributed by atoms with van der Waals surface area (Å²) in [5, 5.41) is 2.45. The minimum atomic E-state index is -0.233. The van der Waals surface area contributed by atoms with E-state index in [9.17, 15) is 4.79 Å². The predicted octanol–water partition coefficient (Wildman–Crippen LogP) is 4.02. The van der Waals surface area contributed by atoms with E-state index in [-0.39, 0.29) is 5.97 Å². The van der Waals surface area contributed by atoms with Gasteiger partial charge in [-0.25, -0.2) is 0 Å². The Hall–Kier alpha value is -1.35. The highest BCUT2D eigenvalue weighted by atomic mass is 79.9. The molecule has 0 saturated carbocycles. The van der Waals surface area contributed by atoms with Crippen LogP contribution in [0.15, 0.2) is 34.8 Å². The molecule has 2 nitrogen and oxygen atoms in total. The van der Waals surface area contributed by atoms with Crippen LogP contribution in [-0.4, -0.2) is 12.6 Å². The second-order valence-electron chi connectivity index (χ2n) is 4.30. The van der Waals surface area contributed by atoms with E-state index >= 15 is 0 Å². The van der Waals surface area contributed by atoms with E-state index in [0.29, 0.717) is 6.61 Å². The van der Waals surface area contributed by atoms with Crippen molar-refractivity contribution in [2.45, 2.75) is 20.3 Å². The molecule has 0 atom stereocenters.